The van der Waals surface area contributed by atoms with Crippen molar-refractivity contribution in [3.63, 3.8) is 0 Å². The van der Waals surface area contributed by atoms with Gasteiger partial charge < -0.3 is 10.3 Å². The Morgan fingerprint density at radius 2 is 2.22 bits per heavy atom. The van der Waals surface area contributed by atoms with Crippen LogP contribution in [0.4, 0.5) is 0 Å². The zero-order valence-corrected chi connectivity index (χ0v) is 11.2. The van der Waals surface area contributed by atoms with Crippen molar-refractivity contribution in [2.24, 2.45) is 0 Å². The average molecular weight is 264 g/mol. The molecule has 0 radical (unpaired) electrons. The Labute approximate surface area is 113 Å². The summed E-state index contributed by atoms with van der Waals surface area (Å²) in [6.07, 6.45) is 5.54. The summed E-state index contributed by atoms with van der Waals surface area (Å²) >= 11 is 6.27. The van der Waals surface area contributed by atoms with Crippen LogP contribution in [-0.2, 0) is 6.42 Å². The topological polar surface area (TPSA) is 40.7 Å². The van der Waals surface area contributed by atoms with E-state index in [0.717, 1.165) is 35.8 Å². The molecule has 1 atom stereocenters. The third-order valence-electron chi connectivity index (χ3n) is 2.87. The molecule has 0 aliphatic rings. The third-order valence-corrected chi connectivity index (χ3v) is 3.22. The van der Waals surface area contributed by atoms with Crippen LogP contribution < -0.4 is 5.32 Å². The quantitative estimate of drug-likeness (QED) is 0.839. The first-order valence-corrected chi connectivity index (χ1v) is 6.65. The standard InChI is InChI=1S/C14H18ClN3/c1-2-7-16-13(10-14-17-8-9-18-14)11-5-3-4-6-12(11)15/h3-6,8-9,13,16H,2,7,10H2,1H3,(H,17,18). The summed E-state index contributed by atoms with van der Waals surface area (Å²) in [5, 5.41) is 4.32. The molecule has 96 valence electrons. The van der Waals surface area contributed by atoms with Crippen molar-refractivity contribution in [3.05, 3.63) is 53.1 Å². The first kappa shape index (κ1) is 13.1. The fourth-order valence-electron chi connectivity index (χ4n) is 1.97. The van der Waals surface area contributed by atoms with Gasteiger partial charge in [0.05, 0.1) is 0 Å². The molecule has 18 heavy (non-hydrogen) atoms. The molecular weight excluding hydrogens is 246 g/mol. The summed E-state index contributed by atoms with van der Waals surface area (Å²) in [7, 11) is 0. The molecule has 4 heteroatoms. The molecule has 0 amide bonds. The van der Waals surface area contributed by atoms with Crippen molar-refractivity contribution >= 4 is 11.6 Å². The molecule has 2 rings (SSSR count). The van der Waals surface area contributed by atoms with Gasteiger partial charge in [0, 0.05) is 29.9 Å². The van der Waals surface area contributed by atoms with E-state index in [1.165, 1.54) is 0 Å². The minimum atomic E-state index is 0.199. The number of halogens is 1. The number of hydrogen-bond acceptors (Lipinski definition) is 2. The van der Waals surface area contributed by atoms with Crippen molar-refractivity contribution in [3.8, 4) is 0 Å². The Hall–Kier alpha value is -1.32. The average Bonchev–Trinajstić information content (AvgIpc) is 2.88. The number of nitrogens with one attached hydrogen (secondary N) is 2. The zero-order chi connectivity index (χ0) is 12.8. The predicted molar refractivity (Wildman–Crippen MR) is 74.8 cm³/mol. The summed E-state index contributed by atoms with van der Waals surface area (Å²) in [6, 6.07) is 8.17. The summed E-state index contributed by atoms with van der Waals surface area (Å²) < 4.78 is 0. The fraction of sp³-hybridized carbons (Fsp3) is 0.357. The van der Waals surface area contributed by atoms with Crippen molar-refractivity contribution in [1.29, 1.82) is 0 Å². The zero-order valence-electron chi connectivity index (χ0n) is 10.5. The highest BCUT2D eigenvalue weighted by Crippen LogP contribution is 2.24. The number of hydrogen-bond donors (Lipinski definition) is 2. The van der Waals surface area contributed by atoms with Gasteiger partial charge in [-0.15, -0.1) is 0 Å². The van der Waals surface area contributed by atoms with E-state index in [1.807, 2.05) is 24.4 Å². The van der Waals surface area contributed by atoms with E-state index < -0.39 is 0 Å². The lowest BCUT2D eigenvalue weighted by Crippen LogP contribution is -2.24. The number of H-pyrrole nitrogens is 1. The molecule has 0 bridgehead atoms. The maximum Gasteiger partial charge on any atom is 0.107 e. The van der Waals surface area contributed by atoms with Crippen LogP contribution in [0.15, 0.2) is 36.7 Å². The lowest BCUT2D eigenvalue weighted by molar-refractivity contribution is 0.520. The minimum Gasteiger partial charge on any atom is -0.349 e. The number of benzene rings is 1. The van der Waals surface area contributed by atoms with Gasteiger partial charge in [-0.25, -0.2) is 4.98 Å². The number of imidazole rings is 1. The highest BCUT2D eigenvalue weighted by atomic mass is 35.5. The molecule has 1 aromatic carbocycles. The second-order valence-corrected chi connectivity index (χ2v) is 4.68. The molecule has 2 aromatic rings. The highest BCUT2D eigenvalue weighted by Gasteiger charge is 2.15. The molecule has 0 saturated heterocycles. The van der Waals surface area contributed by atoms with E-state index in [9.17, 15) is 0 Å². The predicted octanol–water partition coefficient (Wildman–Crippen LogP) is 3.35. The normalized spacial score (nSPS) is 12.6. The van der Waals surface area contributed by atoms with Gasteiger partial charge in [0.2, 0.25) is 0 Å². The van der Waals surface area contributed by atoms with E-state index in [4.69, 9.17) is 11.6 Å². The molecule has 0 fully saturated rings. The van der Waals surface area contributed by atoms with Crippen molar-refractivity contribution in [2.75, 3.05) is 6.54 Å². The lowest BCUT2D eigenvalue weighted by Gasteiger charge is -2.19. The summed E-state index contributed by atoms with van der Waals surface area (Å²) in [5.74, 6) is 0.975. The van der Waals surface area contributed by atoms with E-state index in [0.29, 0.717) is 0 Å². The van der Waals surface area contributed by atoms with Crippen molar-refractivity contribution < 1.29 is 0 Å². The van der Waals surface area contributed by atoms with Gasteiger partial charge in [-0.05, 0) is 24.6 Å². The molecule has 0 aliphatic heterocycles. The van der Waals surface area contributed by atoms with E-state index in [2.05, 4.69) is 28.3 Å². The van der Waals surface area contributed by atoms with Gasteiger partial charge in [-0.3, -0.25) is 0 Å². The van der Waals surface area contributed by atoms with Gasteiger partial charge in [-0.2, -0.15) is 0 Å². The number of aromatic amines is 1. The third kappa shape index (κ3) is 3.34. The van der Waals surface area contributed by atoms with Crippen molar-refractivity contribution in [2.45, 2.75) is 25.8 Å². The Morgan fingerprint density at radius 1 is 1.39 bits per heavy atom. The van der Waals surface area contributed by atoms with Crippen LogP contribution in [0.5, 0.6) is 0 Å². The molecule has 0 aliphatic carbocycles. The van der Waals surface area contributed by atoms with Crippen molar-refractivity contribution in [1.82, 2.24) is 15.3 Å². The summed E-state index contributed by atoms with van der Waals surface area (Å²) in [5.41, 5.74) is 1.13. The number of rotatable bonds is 6. The first-order valence-electron chi connectivity index (χ1n) is 6.27. The highest BCUT2D eigenvalue weighted by molar-refractivity contribution is 6.31. The SMILES string of the molecule is CCCNC(Cc1ncc[nH]1)c1ccccc1Cl. The molecule has 1 heterocycles. The van der Waals surface area contributed by atoms with E-state index in [-0.39, 0.29) is 6.04 Å². The van der Waals surface area contributed by atoms with Gasteiger partial charge in [0.15, 0.2) is 0 Å². The Kier molecular flexibility index (Phi) is 4.79. The molecular formula is C14H18ClN3. The molecule has 3 nitrogen and oxygen atoms in total. The van der Waals surface area contributed by atoms with Crippen LogP contribution in [0, 0.1) is 0 Å². The minimum absolute atomic E-state index is 0.199. The molecule has 0 saturated carbocycles. The Bertz CT molecular complexity index is 468. The van der Waals surface area contributed by atoms with Gasteiger partial charge in [-0.1, -0.05) is 36.7 Å². The van der Waals surface area contributed by atoms with Crippen LogP contribution in [0.2, 0.25) is 5.02 Å². The van der Waals surface area contributed by atoms with Gasteiger partial charge >= 0.3 is 0 Å². The number of aromatic nitrogens is 2. The van der Waals surface area contributed by atoms with Crippen LogP contribution in [0.25, 0.3) is 0 Å². The second kappa shape index (κ2) is 6.57. The van der Waals surface area contributed by atoms with Gasteiger partial charge in [0.1, 0.15) is 5.82 Å². The Morgan fingerprint density at radius 3 is 2.89 bits per heavy atom. The van der Waals surface area contributed by atoms with Crippen LogP contribution in [0.1, 0.15) is 30.8 Å². The van der Waals surface area contributed by atoms with E-state index in [1.54, 1.807) is 6.20 Å². The second-order valence-electron chi connectivity index (χ2n) is 4.27. The summed E-state index contributed by atoms with van der Waals surface area (Å²) in [6.45, 7) is 3.13. The first-order chi connectivity index (χ1) is 8.81. The smallest absolute Gasteiger partial charge is 0.107 e. The molecule has 0 spiro atoms. The lowest BCUT2D eigenvalue weighted by atomic mass is 10.0. The Balaban J connectivity index is 2.16. The fourth-order valence-corrected chi connectivity index (χ4v) is 2.24. The maximum absolute atomic E-state index is 6.27. The van der Waals surface area contributed by atoms with Crippen LogP contribution >= 0.6 is 11.6 Å². The largest absolute Gasteiger partial charge is 0.349 e. The molecule has 1 aromatic heterocycles. The van der Waals surface area contributed by atoms with Crippen LogP contribution in [-0.4, -0.2) is 16.5 Å². The van der Waals surface area contributed by atoms with Gasteiger partial charge in [0.25, 0.3) is 0 Å². The molecule has 2 N–H and O–H groups in total. The molecule has 1 unspecified atom stereocenters. The van der Waals surface area contributed by atoms with E-state index >= 15 is 0 Å². The van der Waals surface area contributed by atoms with Crippen LogP contribution in [0.3, 0.4) is 0 Å². The maximum atomic E-state index is 6.27. The monoisotopic (exact) mass is 263 g/mol. The summed E-state index contributed by atoms with van der Waals surface area (Å²) in [4.78, 5) is 7.42. The number of nitrogens with zero attached hydrogens (tertiary/aromatic N) is 1.